The summed E-state index contributed by atoms with van der Waals surface area (Å²) in [4.78, 5) is 2.10. The van der Waals surface area contributed by atoms with E-state index in [4.69, 9.17) is 14.2 Å². The number of anilines is 1. The van der Waals surface area contributed by atoms with Gasteiger partial charge in [-0.2, -0.15) is 0 Å². The fraction of sp³-hybridized carbons (Fsp3) is 0.200. The molecule has 0 spiro atoms. The van der Waals surface area contributed by atoms with Gasteiger partial charge < -0.3 is 23.7 Å². The number of aryl methyl sites for hydroxylation is 1. The fourth-order valence-electron chi connectivity index (χ4n) is 5.73. The Morgan fingerprint density at radius 2 is 1.27 bits per heavy atom. The molecule has 0 N–H and O–H groups in total. The molecule has 0 radical (unpaired) electrons. The summed E-state index contributed by atoms with van der Waals surface area (Å²) in [7, 11) is 4.10. The van der Waals surface area contributed by atoms with Gasteiger partial charge in [-0.05, 0) is 84.6 Å². The molecule has 228 valence electrons. The Kier molecular flexibility index (Phi) is 9.06. The molecule has 0 saturated carbocycles. The van der Waals surface area contributed by atoms with Crippen molar-refractivity contribution in [1.29, 1.82) is 0 Å². The van der Waals surface area contributed by atoms with Gasteiger partial charge in [0.2, 0.25) is 0 Å². The summed E-state index contributed by atoms with van der Waals surface area (Å²) in [5.41, 5.74) is 9.19. The van der Waals surface area contributed by atoms with E-state index in [1.54, 1.807) is 0 Å². The Balaban J connectivity index is 1.37. The molecule has 0 unspecified atom stereocenters. The molecule has 0 aliphatic carbocycles. The average molecular weight is 597 g/mol. The van der Waals surface area contributed by atoms with Crippen molar-refractivity contribution < 1.29 is 14.2 Å². The molecule has 1 heterocycles. The number of aromatic nitrogens is 1. The molecule has 0 bridgehead atoms. The van der Waals surface area contributed by atoms with Crippen LogP contribution in [0.4, 0.5) is 5.69 Å². The second-order valence-corrected chi connectivity index (χ2v) is 11.4. The maximum absolute atomic E-state index is 6.24. The summed E-state index contributed by atoms with van der Waals surface area (Å²) < 4.78 is 20.9. The normalized spacial score (nSPS) is 11.0. The first-order valence-electron chi connectivity index (χ1n) is 15.5. The van der Waals surface area contributed by atoms with Crippen LogP contribution in [0, 0.1) is 6.92 Å². The van der Waals surface area contributed by atoms with Crippen LogP contribution >= 0.6 is 0 Å². The van der Waals surface area contributed by atoms with Gasteiger partial charge in [0.1, 0.15) is 30.5 Å². The van der Waals surface area contributed by atoms with E-state index < -0.39 is 0 Å². The topological polar surface area (TPSA) is 35.9 Å². The van der Waals surface area contributed by atoms with Crippen molar-refractivity contribution in [2.24, 2.45) is 0 Å². The SMILES string of the molecule is CCOc1cc(N(C)C)ccc1Cn1c(-c2ccc(OCc3ccccc3)cc2)c(C)c2cc(OCc3ccccc3)ccc21. The van der Waals surface area contributed by atoms with E-state index in [0.29, 0.717) is 26.4 Å². The van der Waals surface area contributed by atoms with E-state index in [9.17, 15) is 0 Å². The summed E-state index contributed by atoms with van der Waals surface area (Å²) in [5, 5.41) is 1.17. The number of nitrogens with zero attached hydrogens (tertiary/aromatic N) is 2. The van der Waals surface area contributed by atoms with Gasteiger partial charge in [-0.3, -0.25) is 0 Å². The Hall–Kier alpha value is -5.16. The number of rotatable bonds is 12. The first-order chi connectivity index (χ1) is 22.0. The van der Waals surface area contributed by atoms with Gasteiger partial charge in [-0.25, -0.2) is 0 Å². The van der Waals surface area contributed by atoms with Crippen LogP contribution in [0.5, 0.6) is 17.2 Å². The van der Waals surface area contributed by atoms with E-state index in [0.717, 1.165) is 50.7 Å². The van der Waals surface area contributed by atoms with Crippen LogP contribution in [-0.4, -0.2) is 25.3 Å². The predicted octanol–water partition coefficient (Wildman–Crippen LogP) is 9.29. The standard InChI is InChI=1S/C40H40N2O3/c1-5-43-39-24-34(41(3)4)19-16-33(39)26-42-38-23-22-36(45-28-31-14-10-7-11-15-31)25-37(38)29(2)40(42)32-17-20-35(21-18-32)44-27-30-12-8-6-9-13-30/h6-25H,5,26-28H2,1-4H3. The minimum atomic E-state index is 0.527. The average Bonchev–Trinajstić information content (AvgIpc) is 3.34. The second-order valence-electron chi connectivity index (χ2n) is 11.4. The Labute approximate surface area is 266 Å². The zero-order valence-electron chi connectivity index (χ0n) is 26.5. The second kappa shape index (κ2) is 13.6. The first-order valence-corrected chi connectivity index (χ1v) is 15.5. The van der Waals surface area contributed by atoms with Crippen molar-refractivity contribution in [2.45, 2.75) is 33.6 Å². The Morgan fingerprint density at radius 3 is 1.89 bits per heavy atom. The van der Waals surface area contributed by atoms with Crippen LogP contribution in [0.2, 0.25) is 0 Å². The smallest absolute Gasteiger partial charge is 0.126 e. The van der Waals surface area contributed by atoms with Gasteiger partial charge >= 0.3 is 0 Å². The summed E-state index contributed by atoms with van der Waals surface area (Å²) >= 11 is 0. The number of ether oxygens (including phenoxy) is 3. The fourth-order valence-corrected chi connectivity index (χ4v) is 5.73. The van der Waals surface area contributed by atoms with Crippen molar-refractivity contribution >= 4 is 16.6 Å². The van der Waals surface area contributed by atoms with Gasteiger partial charge in [0.25, 0.3) is 0 Å². The van der Waals surface area contributed by atoms with Crippen molar-refractivity contribution in [3.63, 3.8) is 0 Å². The van der Waals surface area contributed by atoms with Gasteiger partial charge in [0.15, 0.2) is 0 Å². The third-order valence-electron chi connectivity index (χ3n) is 8.11. The first kappa shape index (κ1) is 29.9. The van der Waals surface area contributed by atoms with Crippen LogP contribution in [-0.2, 0) is 19.8 Å². The lowest BCUT2D eigenvalue weighted by molar-refractivity contribution is 0.306. The lowest BCUT2D eigenvalue weighted by Crippen LogP contribution is -2.10. The molecule has 0 saturated heterocycles. The monoisotopic (exact) mass is 596 g/mol. The summed E-state index contributed by atoms with van der Waals surface area (Å²) in [6.45, 7) is 6.57. The third kappa shape index (κ3) is 6.83. The molecule has 5 nitrogen and oxygen atoms in total. The Bertz CT molecular complexity index is 1860. The molecule has 5 aromatic carbocycles. The predicted molar refractivity (Wildman–Crippen MR) is 185 cm³/mol. The van der Waals surface area contributed by atoms with E-state index >= 15 is 0 Å². The minimum Gasteiger partial charge on any atom is -0.493 e. The third-order valence-corrected chi connectivity index (χ3v) is 8.11. The molecule has 0 amide bonds. The van der Waals surface area contributed by atoms with Gasteiger partial charge in [0.05, 0.1) is 18.8 Å². The van der Waals surface area contributed by atoms with Gasteiger partial charge in [0, 0.05) is 42.3 Å². The van der Waals surface area contributed by atoms with Crippen LogP contribution in [0.15, 0.2) is 121 Å². The number of hydrogen-bond acceptors (Lipinski definition) is 4. The van der Waals surface area contributed by atoms with Crippen LogP contribution in [0.25, 0.3) is 22.2 Å². The highest BCUT2D eigenvalue weighted by atomic mass is 16.5. The Morgan fingerprint density at radius 1 is 0.644 bits per heavy atom. The zero-order chi connectivity index (χ0) is 31.2. The molecule has 6 aromatic rings. The van der Waals surface area contributed by atoms with Gasteiger partial charge in [-0.1, -0.05) is 66.7 Å². The highest BCUT2D eigenvalue weighted by molar-refractivity contribution is 5.92. The van der Waals surface area contributed by atoms with Crippen molar-refractivity contribution in [1.82, 2.24) is 4.57 Å². The van der Waals surface area contributed by atoms with Crippen molar-refractivity contribution in [2.75, 3.05) is 25.6 Å². The summed E-state index contributed by atoms with van der Waals surface area (Å²) in [6, 6.07) is 41.9. The van der Waals surface area contributed by atoms with Crippen molar-refractivity contribution in [3.8, 4) is 28.5 Å². The minimum absolute atomic E-state index is 0.527. The molecule has 0 fully saturated rings. The quantitative estimate of drug-likeness (QED) is 0.141. The van der Waals surface area contributed by atoms with E-state index in [2.05, 4.69) is 115 Å². The van der Waals surface area contributed by atoms with Crippen LogP contribution < -0.4 is 19.1 Å². The summed E-state index contributed by atoms with van der Waals surface area (Å²) in [6.07, 6.45) is 0. The maximum atomic E-state index is 6.24. The number of benzene rings is 5. The van der Waals surface area contributed by atoms with Crippen LogP contribution in [0.3, 0.4) is 0 Å². The molecule has 0 aliphatic rings. The molecular weight excluding hydrogens is 556 g/mol. The van der Waals surface area contributed by atoms with Gasteiger partial charge in [-0.15, -0.1) is 0 Å². The van der Waals surface area contributed by atoms with E-state index in [1.165, 1.54) is 16.6 Å². The molecule has 0 atom stereocenters. The molecule has 45 heavy (non-hydrogen) atoms. The highest BCUT2D eigenvalue weighted by Gasteiger charge is 2.19. The van der Waals surface area contributed by atoms with Crippen molar-refractivity contribution in [3.05, 3.63) is 144 Å². The molecule has 5 heteroatoms. The molecule has 1 aromatic heterocycles. The number of fused-ring (bicyclic) bond motifs is 1. The highest BCUT2D eigenvalue weighted by Crippen LogP contribution is 2.38. The maximum Gasteiger partial charge on any atom is 0.126 e. The zero-order valence-corrected chi connectivity index (χ0v) is 26.5. The molecule has 0 aliphatic heterocycles. The van der Waals surface area contributed by atoms with E-state index in [-0.39, 0.29) is 0 Å². The van der Waals surface area contributed by atoms with Crippen LogP contribution in [0.1, 0.15) is 29.2 Å². The lowest BCUT2D eigenvalue weighted by Gasteiger charge is -2.19. The largest absolute Gasteiger partial charge is 0.493 e. The van der Waals surface area contributed by atoms with E-state index in [1.807, 2.05) is 43.3 Å². The number of hydrogen-bond donors (Lipinski definition) is 0. The molecular formula is C40H40N2O3. The molecule has 6 rings (SSSR count). The summed E-state index contributed by atoms with van der Waals surface area (Å²) in [5.74, 6) is 2.60. The lowest BCUT2D eigenvalue weighted by atomic mass is 10.1.